The summed E-state index contributed by atoms with van der Waals surface area (Å²) in [6.07, 6.45) is -0.329. The summed E-state index contributed by atoms with van der Waals surface area (Å²) in [4.78, 5) is 23.8. The van der Waals surface area contributed by atoms with Crippen LogP contribution in [0.1, 0.15) is 29.3 Å². The molecule has 1 aliphatic rings. The van der Waals surface area contributed by atoms with E-state index in [1.807, 2.05) is 78.9 Å². The number of hydrogen-bond acceptors (Lipinski definition) is 9. The Kier molecular flexibility index (Phi) is 7.85. The maximum absolute atomic E-state index is 12.5. The summed E-state index contributed by atoms with van der Waals surface area (Å²) in [7, 11) is 4.92. The number of aromatic amines is 1. The van der Waals surface area contributed by atoms with E-state index in [2.05, 4.69) is 20.3 Å². The van der Waals surface area contributed by atoms with E-state index in [-0.39, 0.29) is 24.1 Å². The van der Waals surface area contributed by atoms with Crippen LogP contribution in [0, 0.1) is 0 Å². The van der Waals surface area contributed by atoms with Crippen molar-refractivity contribution in [2.45, 2.75) is 30.5 Å². The van der Waals surface area contributed by atoms with Crippen LogP contribution in [0.15, 0.2) is 90.0 Å². The Morgan fingerprint density at radius 2 is 1.58 bits per heavy atom. The number of imidazole rings is 1. The summed E-state index contributed by atoms with van der Waals surface area (Å²) >= 11 is 0. The lowest BCUT2D eigenvalue weighted by atomic mass is 9.80. The predicted molar refractivity (Wildman–Crippen MR) is 160 cm³/mol. The molecule has 2 aromatic heterocycles. The molecule has 1 aliphatic heterocycles. The van der Waals surface area contributed by atoms with E-state index in [1.165, 1.54) is 6.33 Å². The first-order valence-corrected chi connectivity index (χ1v) is 13.9. The Hall–Kier alpha value is -4.71. The van der Waals surface area contributed by atoms with Crippen molar-refractivity contribution < 1.29 is 24.1 Å². The molecule has 1 saturated heterocycles. The molecule has 0 amide bonds. The van der Waals surface area contributed by atoms with Crippen LogP contribution in [0.4, 0.5) is 5.95 Å². The lowest BCUT2D eigenvalue weighted by Gasteiger charge is -2.37. The first-order chi connectivity index (χ1) is 21.0. The summed E-state index contributed by atoms with van der Waals surface area (Å²) in [6, 6.07) is 25.4. The number of fused-ring (bicyclic) bond motifs is 1. The number of aromatic nitrogens is 4. The average Bonchev–Trinajstić information content (AvgIpc) is 3.65. The second kappa shape index (κ2) is 11.9. The first-order valence-electron chi connectivity index (χ1n) is 13.9. The van der Waals surface area contributed by atoms with Crippen LogP contribution in [0.2, 0.25) is 0 Å². The van der Waals surface area contributed by atoms with Crippen molar-refractivity contribution in [2.24, 2.45) is 0 Å². The number of nitrogens with zero attached hydrogens (tertiary/aromatic N) is 3. The van der Waals surface area contributed by atoms with Gasteiger partial charge in [-0.25, -0.2) is 4.98 Å². The molecule has 1 fully saturated rings. The molecule has 43 heavy (non-hydrogen) atoms. The van der Waals surface area contributed by atoms with Crippen molar-refractivity contribution in [2.75, 3.05) is 33.2 Å². The lowest BCUT2D eigenvalue weighted by Crippen LogP contribution is -2.38. The zero-order valence-corrected chi connectivity index (χ0v) is 24.1. The summed E-state index contributed by atoms with van der Waals surface area (Å²) in [5, 5.41) is 14.0. The van der Waals surface area contributed by atoms with Crippen LogP contribution in [-0.4, -0.2) is 64.7 Å². The first kappa shape index (κ1) is 28.4. The van der Waals surface area contributed by atoms with E-state index in [9.17, 15) is 9.90 Å². The van der Waals surface area contributed by atoms with Gasteiger partial charge in [0.1, 0.15) is 29.4 Å². The molecule has 222 valence electrons. The lowest BCUT2D eigenvalue weighted by molar-refractivity contribution is -0.0931. The number of H-pyrrole nitrogens is 1. The number of nitrogens with one attached hydrogen (secondary N) is 2. The highest BCUT2D eigenvalue weighted by Gasteiger charge is 2.42. The van der Waals surface area contributed by atoms with E-state index in [0.717, 1.165) is 28.2 Å². The molecule has 0 aliphatic carbocycles. The monoisotopic (exact) mass is 583 g/mol. The van der Waals surface area contributed by atoms with Gasteiger partial charge in [-0.2, -0.15) is 4.98 Å². The fraction of sp³-hybridized carbons (Fsp3) is 0.281. The van der Waals surface area contributed by atoms with Gasteiger partial charge in [0.2, 0.25) is 5.95 Å². The minimum Gasteiger partial charge on any atom is -0.497 e. The second-order valence-electron chi connectivity index (χ2n) is 10.2. The van der Waals surface area contributed by atoms with Gasteiger partial charge in [0.25, 0.3) is 5.56 Å². The third-order valence-electron chi connectivity index (χ3n) is 7.82. The molecule has 3 aromatic carbocycles. The molecular weight excluding hydrogens is 550 g/mol. The Bertz CT molecular complexity index is 1690. The maximum atomic E-state index is 12.5. The second-order valence-corrected chi connectivity index (χ2v) is 10.2. The highest BCUT2D eigenvalue weighted by molar-refractivity contribution is 5.70. The van der Waals surface area contributed by atoms with Crippen molar-refractivity contribution in [3.63, 3.8) is 0 Å². The van der Waals surface area contributed by atoms with Gasteiger partial charge in [0, 0.05) is 13.5 Å². The van der Waals surface area contributed by atoms with Crippen LogP contribution >= 0.6 is 0 Å². The normalized spacial score (nSPS) is 18.6. The molecular formula is C32H33N5O6. The van der Waals surface area contributed by atoms with Gasteiger partial charge in [-0.05, 0) is 41.0 Å². The highest BCUT2D eigenvalue weighted by Crippen LogP contribution is 2.43. The zero-order valence-electron chi connectivity index (χ0n) is 24.1. The van der Waals surface area contributed by atoms with Crippen molar-refractivity contribution in [3.05, 3.63) is 112 Å². The van der Waals surface area contributed by atoms with Crippen LogP contribution in [0.25, 0.3) is 11.2 Å². The smallest absolute Gasteiger partial charge is 0.280 e. The van der Waals surface area contributed by atoms with E-state index in [1.54, 1.807) is 25.8 Å². The fourth-order valence-electron chi connectivity index (χ4n) is 5.57. The molecule has 11 heteroatoms. The number of aliphatic hydroxyl groups is 1. The summed E-state index contributed by atoms with van der Waals surface area (Å²) in [5.41, 5.74) is 1.78. The van der Waals surface area contributed by atoms with Crippen molar-refractivity contribution in [1.29, 1.82) is 0 Å². The summed E-state index contributed by atoms with van der Waals surface area (Å²) in [6.45, 7) is 0.0625. The third-order valence-corrected chi connectivity index (χ3v) is 7.82. The van der Waals surface area contributed by atoms with E-state index in [0.29, 0.717) is 11.6 Å². The Labute approximate surface area is 248 Å². The third kappa shape index (κ3) is 5.22. The molecule has 3 N–H and O–H groups in total. The fourth-order valence-corrected chi connectivity index (χ4v) is 5.57. The van der Waals surface area contributed by atoms with Gasteiger partial charge in [0.15, 0.2) is 11.2 Å². The maximum Gasteiger partial charge on any atom is 0.280 e. The van der Waals surface area contributed by atoms with Crippen LogP contribution in [0.5, 0.6) is 11.5 Å². The molecule has 0 spiro atoms. The number of anilines is 1. The molecule has 0 bridgehead atoms. The minimum atomic E-state index is -1.06. The molecule has 3 heterocycles. The summed E-state index contributed by atoms with van der Waals surface area (Å²) < 4.78 is 25.8. The number of ether oxygens (including phenoxy) is 4. The van der Waals surface area contributed by atoms with Gasteiger partial charge < -0.3 is 29.4 Å². The van der Waals surface area contributed by atoms with Crippen LogP contribution in [0.3, 0.4) is 0 Å². The van der Waals surface area contributed by atoms with Crippen molar-refractivity contribution >= 4 is 17.1 Å². The molecule has 3 atom stereocenters. The molecule has 5 aromatic rings. The van der Waals surface area contributed by atoms with Crippen LogP contribution < -0.4 is 20.3 Å². The standard InChI is InChI=1S/C32H33N5O6/c1-33-31-35-29-28(30(39)36-31)34-19-37(29)27-17-25(38)26(43-27)18-42-32(20-7-5-4-6-8-20,21-9-13-23(40-2)14-10-21)22-11-15-24(41-3)16-12-22/h4-16,19,25-27,38H,17-18H2,1-3H3,(H2,33,35,36,39)/t25-,26+,27+/m0/s1. The van der Waals surface area contributed by atoms with Crippen LogP contribution in [-0.2, 0) is 15.1 Å². The molecule has 0 unspecified atom stereocenters. The molecule has 11 nitrogen and oxygen atoms in total. The van der Waals surface area contributed by atoms with E-state index < -0.39 is 24.0 Å². The number of benzene rings is 3. The highest BCUT2D eigenvalue weighted by atomic mass is 16.6. The Balaban J connectivity index is 1.37. The van der Waals surface area contributed by atoms with Gasteiger partial charge in [-0.15, -0.1) is 0 Å². The molecule has 6 rings (SSSR count). The Morgan fingerprint density at radius 1 is 0.977 bits per heavy atom. The predicted octanol–water partition coefficient (Wildman–Crippen LogP) is 3.84. The molecule has 0 saturated carbocycles. The van der Waals surface area contributed by atoms with Crippen molar-refractivity contribution in [3.8, 4) is 11.5 Å². The molecule has 0 radical (unpaired) electrons. The van der Waals surface area contributed by atoms with Gasteiger partial charge in [0.05, 0.1) is 33.3 Å². The van der Waals surface area contributed by atoms with Gasteiger partial charge in [-0.3, -0.25) is 14.3 Å². The summed E-state index contributed by atoms with van der Waals surface area (Å²) in [5.74, 6) is 1.75. The van der Waals surface area contributed by atoms with Gasteiger partial charge >= 0.3 is 0 Å². The quantitative estimate of drug-likeness (QED) is 0.210. The topological polar surface area (TPSA) is 133 Å². The van der Waals surface area contributed by atoms with E-state index >= 15 is 0 Å². The Morgan fingerprint density at radius 3 is 2.16 bits per heavy atom. The largest absolute Gasteiger partial charge is 0.497 e. The zero-order chi connectivity index (χ0) is 30.0. The van der Waals surface area contributed by atoms with Crippen molar-refractivity contribution in [1.82, 2.24) is 19.5 Å². The number of hydrogen-bond donors (Lipinski definition) is 3. The SMILES string of the molecule is CNc1nc2c(ncn2[C@H]2C[C@H](O)[C@@H](COC(c3ccccc3)(c3ccc(OC)cc3)c3ccc(OC)cc3)O2)c(=O)[nH]1. The number of methoxy groups -OCH3 is 2. The van der Waals surface area contributed by atoms with Gasteiger partial charge in [-0.1, -0.05) is 54.6 Å². The van der Waals surface area contributed by atoms with E-state index in [4.69, 9.17) is 18.9 Å². The number of rotatable bonds is 10. The average molecular weight is 584 g/mol. The minimum absolute atomic E-state index is 0.0625. The number of aliphatic hydroxyl groups excluding tert-OH is 1.